The predicted molar refractivity (Wildman–Crippen MR) is 112 cm³/mol. The molecule has 1 fully saturated rings. The molecule has 10 nitrogen and oxygen atoms in total. The predicted octanol–water partition coefficient (Wildman–Crippen LogP) is 1.84. The molecule has 0 aliphatic heterocycles. The molecule has 0 saturated heterocycles. The molecule has 0 unspecified atom stereocenters. The average molecular weight is 427 g/mol. The normalized spacial score (nSPS) is 20.3. The van der Waals surface area contributed by atoms with Crippen LogP contribution in [0.4, 0.5) is 11.8 Å². The summed E-state index contributed by atoms with van der Waals surface area (Å²) in [5.41, 5.74) is 1.54. The van der Waals surface area contributed by atoms with E-state index in [4.69, 9.17) is 14.3 Å². The van der Waals surface area contributed by atoms with Crippen LogP contribution >= 0.6 is 0 Å². The van der Waals surface area contributed by atoms with Gasteiger partial charge in [0.15, 0.2) is 17.0 Å². The minimum atomic E-state index is -3.97. The van der Waals surface area contributed by atoms with E-state index in [1.54, 1.807) is 6.33 Å². The van der Waals surface area contributed by atoms with Gasteiger partial charge < -0.3 is 15.0 Å². The van der Waals surface area contributed by atoms with E-state index in [1.165, 1.54) is 0 Å². The number of rotatable bonds is 8. The number of nitrogens with zero attached hydrogens (tertiary/aromatic N) is 5. The Balaban J connectivity index is 1.63. The van der Waals surface area contributed by atoms with E-state index in [2.05, 4.69) is 34.0 Å². The smallest absolute Gasteiger partial charge is 0.267 e. The zero-order valence-corrected chi connectivity index (χ0v) is 18.2. The fourth-order valence-corrected chi connectivity index (χ4v) is 3.83. The Bertz CT molecular complexity index is 937. The second-order valence-corrected chi connectivity index (χ2v) is 9.42. The molecule has 0 aromatic carbocycles. The first-order valence-corrected chi connectivity index (χ1v) is 11.5. The van der Waals surface area contributed by atoms with Crippen LogP contribution in [-0.2, 0) is 21.9 Å². The molecule has 2 aromatic rings. The lowest BCUT2D eigenvalue weighted by Crippen LogP contribution is -2.31. The number of anilines is 2. The molecule has 2 heterocycles. The molecule has 0 radical (unpaired) electrons. The van der Waals surface area contributed by atoms with Gasteiger partial charge in [0.1, 0.15) is 6.33 Å². The lowest BCUT2D eigenvalue weighted by atomic mass is 9.93. The Labute approximate surface area is 171 Å². The molecule has 0 spiro atoms. The zero-order chi connectivity index (χ0) is 21.2. The lowest BCUT2D eigenvalue weighted by molar-refractivity contribution is 0.0353. The van der Waals surface area contributed by atoms with Crippen LogP contribution in [0.2, 0.25) is 0 Å². The van der Waals surface area contributed by atoms with Gasteiger partial charge in [0.2, 0.25) is 5.95 Å². The summed E-state index contributed by atoms with van der Waals surface area (Å²) >= 11 is 0. The van der Waals surface area contributed by atoms with Crippen molar-refractivity contribution < 1.29 is 17.7 Å². The van der Waals surface area contributed by atoms with Gasteiger partial charge in [0.25, 0.3) is 10.1 Å². The van der Waals surface area contributed by atoms with Gasteiger partial charge in [-0.25, -0.2) is 15.0 Å². The van der Waals surface area contributed by atoms with E-state index >= 15 is 0 Å². The molecule has 0 amide bonds. The molecule has 2 N–H and O–H groups in total. The monoisotopic (exact) mass is 426 g/mol. The number of aryl methyl sites for hydroxylation is 1. The average Bonchev–Trinajstić information content (AvgIpc) is 2.99. The van der Waals surface area contributed by atoms with Crippen molar-refractivity contribution in [1.29, 1.82) is 0 Å². The zero-order valence-electron chi connectivity index (χ0n) is 17.4. The molecular weight excluding hydrogens is 396 g/mol. The molecule has 162 valence electrons. The van der Waals surface area contributed by atoms with Gasteiger partial charge in [-0.15, -0.1) is 0 Å². The fourth-order valence-electron chi connectivity index (χ4n) is 3.53. The summed E-state index contributed by atoms with van der Waals surface area (Å²) in [4.78, 5) is 15.7. The second-order valence-electron chi connectivity index (χ2n) is 7.84. The standard InChI is InChI=1S/C18H30N6O4S/c1-12(2)23(3)18-22-15-16(19-11-20-17(15)24(18)4)21-13-5-7-14(8-6-13)28-9-10-29(25,26)27/h11-14H,5-10H2,1-4H3,(H,19,20,21)(H,25,26,27). The van der Waals surface area contributed by atoms with Crippen LogP contribution in [0.25, 0.3) is 11.2 Å². The van der Waals surface area contributed by atoms with Crippen LogP contribution in [0.3, 0.4) is 0 Å². The maximum absolute atomic E-state index is 10.8. The first-order chi connectivity index (χ1) is 13.7. The highest BCUT2D eigenvalue weighted by molar-refractivity contribution is 7.85. The molecule has 3 rings (SSSR count). The Morgan fingerprint density at radius 2 is 2.00 bits per heavy atom. The number of aromatic nitrogens is 4. The Kier molecular flexibility index (Phi) is 6.59. The van der Waals surface area contributed by atoms with E-state index in [0.29, 0.717) is 6.04 Å². The van der Waals surface area contributed by atoms with Gasteiger partial charge in [-0.1, -0.05) is 0 Å². The number of hydrogen-bond donors (Lipinski definition) is 2. The molecule has 2 aromatic heterocycles. The number of hydrogen-bond acceptors (Lipinski definition) is 8. The maximum Gasteiger partial charge on any atom is 0.267 e. The van der Waals surface area contributed by atoms with Crippen molar-refractivity contribution in [3.05, 3.63) is 6.33 Å². The number of ether oxygens (including phenoxy) is 1. The summed E-state index contributed by atoms with van der Waals surface area (Å²) in [5.74, 6) is 1.20. The summed E-state index contributed by atoms with van der Waals surface area (Å²) in [6.07, 6.45) is 4.97. The summed E-state index contributed by atoms with van der Waals surface area (Å²) in [6, 6.07) is 0.550. The van der Waals surface area contributed by atoms with Crippen molar-refractivity contribution in [2.45, 2.75) is 57.7 Å². The van der Waals surface area contributed by atoms with Gasteiger partial charge in [-0.05, 0) is 39.5 Å². The van der Waals surface area contributed by atoms with Crippen molar-refractivity contribution in [2.24, 2.45) is 7.05 Å². The van der Waals surface area contributed by atoms with Crippen LogP contribution in [0.5, 0.6) is 0 Å². The Hall–Kier alpha value is -1.98. The van der Waals surface area contributed by atoms with Crippen LogP contribution < -0.4 is 10.2 Å². The molecule has 29 heavy (non-hydrogen) atoms. The minimum Gasteiger partial charge on any atom is -0.377 e. The van der Waals surface area contributed by atoms with E-state index in [1.807, 2.05) is 18.7 Å². The molecule has 1 saturated carbocycles. The quantitative estimate of drug-likeness (QED) is 0.609. The topological polar surface area (TPSA) is 122 Å². The van der Waals surface area contributed by atoms with Gasteiger partial charge in [0, 0.05) is 26.2 Å². The van der Waals surface area contributed by atoms with Crippen molar-refractivity contribution in [3.63, 3.8) is 0 Å². The van der Waals surface area contributed by atoms with Crippen LogP contribution in [0, 0.1) is 0 Å². The van der Waals surface area contributed by atoms with E-state index in [-0.39, 0.29) is 24.5 Å². The number of imidazole rings is 1. The molecule has 11 heteroatoms. The van der Waals surface area contributed by atoms with Crippen molar-refractivity contribution in [2.75, 3.05) is 29.6 Å². The van der Waals surface area contributed by atoms with Gasteiger partial charge >= 0.3 is 0 Å². The second kappa shape index (κ2) is 8.80. The molecule has 0 bridgehead atoms. The van der Waals surface area contributed by atoms with Crippen molar-refractivity contribution in [1.82, 2.24) is 19.5 Å². The van der Waals surface area contributed by atoms with Gasteiger partial charge in [-0.2, -0.15) is 8.42 Å². The van der Waals surface area contributed by atoms with Crippen molar-refractivity contribution in [3.8, 4) is 0 Å². The van der Waals surface area contributed by atoms with Crippen LogP contribution in [0.1, 0.15) is 39.5 Å². The van der Waals surface area contributed by atoms with E-state index < -0.39 is 10.1 Å². The molecule has 0 atom stereocenters. The minimum absolute atomic E-state index is 0.0152. The largest absolute Gasteiger partial charge is 0.377 e. The fraction of sp³-hybridized carbons (Fsp3) is 0.722. The molecule has 1 aliphatic rings. The van der Waals surface area contributed by atoms with Crippen molar-refractivity contribution >= 4 is 33.0 Å². The third-order valence-electron chi connectivity index (χ3n) is 5.43. The number of fused-ring (bicyclic) bond motifs is 1. The maximum atomic E-state index is 10.8. The van der Waals surface area contributed by atoms with Crippen LogP contribution in [0.15, 0.2) is 6.33 Å². The van der Waals surface area contributed by atoms with Gasteiger partial charge in [0.05, 0.1) is 18.5 Å². The molecule has 1 aliphatic carbocycles. The Morgan fingerprint density at radius 3 is 2.62 bits per heavy atom. The highest BCUT2D eigenvalue weighted by Crippen LogP contribution is 2.28. The summed E-state index contributed by atoms with van der Waals surface area (Å²) < 4.78 is 37.9. The summed E-state index contributed by atoms with van der Waals surface area (Å²) in [6.45, 7) is 4.25. The highest BCUT2D eigenvalue weighted by atomic mass is 32.2. The Morgan fingerprint density at radius 1 is 1.31 bits per heavy atom. The van der Waals surface area contributed by atoms with Crippen LogP contribution in [-0.4, -0.2) is 70.1 Å². The third-order valence-corrected chi connectivity index (χ3v) is 6.12. The summed E-state index contributed by atoms with van der Waals surface area (Å²) in [7, 11) is -0.0109. The first kappa shape index (κ1) is 21.7. The van der Waals surface area contributed by atoms with Gasteiger partial charge in [-0.3, -0.25) is 9.12 Å². The SMILES string of the molecule is CC(C)N(C)c1nc2c(NC3CCC(OCCS(=O)(=O)O)CC3)ncnc2n1C. The first-order valence-electron chi connectivity index (χ1n) is 9.89. The lowest BCUT2D eigenvalue weighted by Gasteiger charge is -2.29. The summed E-state index contributed by atoms with van der Waals surface area (Å²) in [5, 5.41) is 3.50. The van der Waals surface area contributed by atoms with E-state index in [0.717, 1.165) is 48.6 Å². The molecular formula is C18H30N6O4S. The number of nitrogens with one attached hydrogen (secondary N) is 1. The third kappa shape index (κ3) is 5.34. The highest BCUT2D eigenvalue weighted by Gasteiger charge is 2.24. The van der Waals surface area contributed by atoms with E-state index in [9.17, 15) is 8.42 Å².